The maximum atomic E-state index is 11.8. The van der Waals surface area contributed by atoms with Crippen molar-refractivity contribution in [2.45, 2.75) is 19.0 Å². The molecule has 1 saturated heterocycles. The van der Waals surface area contributed by atoms with Crippen LogP contribution in [0.4, 0.5) is 4.79 Å². The van der Waals surface area contributed by atoms with E-state index in [9.17, 15) is 14.4 Å². The average Bonchev–Trinajstić information content (AvgIpc) is 3.13. The number of carbonyl (C=O) groups is 3. The van der Waals surface area contributed by atoms with Gasteiger partial charge in [0.2, 0.25) is 11.8 Å². The van der Waals surface area contributed by atoms with Crippen molar-refractivity contribution < 1.29 is 18.8 Å². The highest BCUT2D eigenvalue weighted by Gasteiger charge is 2.31. The maximum Gasteiger partial charge on any atom is 0.322 e. The summed E-state index contributed by atoms with van der Waals surface area (Å²) in [7, 11) is 0. The van der Waals surface area contributed by atoms with E-state index >= 15 is 0 Å². The van der Waals surface area contributed by atoms with E-state index < -0.39 is 18.0 Å². The molecule has 3 rings (SSSR count). The Balaban J connectivity index is 1.53. The van der Waals surface area contributed by atoms with Crippen LogP contribution < -0.4 is 16.0 Å². The number of hydrogen-bond acceptors (Lipinski definition) is 5. The molecule has 1 atom stereocenters. The third-order valence-corrected chi connectivity index (χ3v) is 3.30. The zero-order valence-electron chi connectivity index (χ0n) is 12.0. The number of benzene rings is 1. The number of rotatable bonds is 5. The van der Waals surface area contributed by atoms with Crippen LogP contribution in [0.5, 0.6) is 0 Å². The fraction of sp³-hybridized carbons (Fsp3) is 0.200. The smallest absolute Gasteiger partial charge is 0.322 e. The van der Waals surface area contributed by atoms with Gasteiger partial charge in [-0.15, -0.1) is 0 Å². The number of imide groups is 1. The van der Waals surface area contributed by atoms with Crippen molar-refractivity contribution in [2.75, 3.05) is 0 Å². The van der Waals surface area contributed by atoms with Crippen LogP contribution in [0.2, 0.25) is 0 Å². The van der Waals surface area contributed by atoms with Crippen molar-refractivity contribution in [3.63, 3.8) is 0 Å². The van der Waals surface area contributed by atoms with E-state index in [-0.39, 0.29) is 18.9 Å². The molecule has 8 nitrogen and oxygen atoms in total. The lowest BCUT2D eigenvalue weighted by Gasteiger charge is -2.06. The summed E-state index contributed by atoms with van der Waals surface area (Å²) in [5.41, 5.74) is 0.892. The number of carbonyl (C=O) groups excluding carboxylic acids is 3. The fourth-order valence-electron chi connectivity index (χ4n) is 2.16. The van der Waals surface area contributed by atoms with Gasteiger partial charge in [0.05, 0.1) is 19.2 Å². The van der Waals surface area contributed by atoms with Crippen molar-refractivity contribution in [1.29, 1.82) is 0 Å². The minimum Gasteiger partial charge on any atom is -0.439 e. The van der Waals surface area contributed by atoms with Crippen molar-refractivity contribution in [3.05, 3.63) is 42.4 Å². The van der Waals surface area contributed by atoms with Gasteiger partial charge in [0.1, 0.15) is 6.04 Å². The monoisotopic (exact) mass is 314 g/mol. The van der Waals surface area contributed by atoms with Crippen molar-refractivity contribution in [1.82, 2.24) is 20.9 Å². The minimum atomic E-state index is -0.841. The maximum absolute atomic E-state index is 11.8. The molecule has 0 aliphatic carbocycles. The van der Waals surface area contributed by atoms with Crippen LogP contribution in [0.3, 0.4) is 0 Å². The Labute approximate surface area is 131 Å². The predicted molar refractivity (Wildman–Crippen MR) is 78.9 cm³/mol. The van der Waals surface area contributed by atoms with Crippen LogP contribution in [0.15, 0.2) is 40.9 Å². The molecule has 2 aromatic rings. The highest BCUT2D eigenvalue weighted by molar-refractivity contribution is 6.05. The number of oxazole rings is 1. The van der Waals surface area contributed by atoms with Crippen LogP contribution >= 0.6 is 0 Å². The van der Waals surface area contributed by atoms with E-state index in [1.807, 2.05) is 30.3 Å². The molecule has 0 bridgehead atoms. The molecule has 1 fully saturated rings. The molecule has 1 aliphatic heterocycles. The molecule has 0 saturated carbocycles. The summed E-state index contributed by atoms with van der Waals surface area (Å²) in [5.74, 6) is 0.0776. The van der Waals surface area contributed by atoms with Gasteiger partial charge in [-0.3, -0.25) is 14.9 Å². The van der Waals surface area contributed by atoms with Crippen molar-refractivity contribution in [3.8, 4) is 11.3 Å². The molecule has 0 unspecified atom stereocenters. The molecule has 23 heavy (non-hydrogen) atoms. The third-order valence-electron chi connectivity index (χ3n) is 3.30. The first-order valence-electron chi connectivity index (χ1n) is 7.00. The average molecular weight is 314 g/mol. The van der Waals surface area contributed by atoms with Gasteiger partial charge in [-0.2, -0.15) is 0 Å². The van der Waals surface area contributed by atoms with Gasteiger partial charge < -0.3 is 15.1 Å². The van der Waals surface area contributed by atoms with E-state index in [0.717, 1.165) is 5.56 Å². The Morgan fingerprint density at radius 1 is 1.26 bits per heavy atom. The second-order valence-corrected chi connectivity index (χ2v) is 4.98. The highest BCUT2D eigenvalue weighted by Crippen LogP contribution is 2.19. The predicted octanol–water partition coefficient (Wildman–Crippen LogP) is 0.556. The Bertz CT molecular complexity index is 741. The Hall–Kier alpha value is -3.16. The zero-order chi connectivity index (χ0) is 16.2. The third kappa shape index (κ3) is 3.54. The van der Waals surface area contributed by atoms with Gasteiger partial charge in [-0.25, -0.2) is 9.78 Å². The first-order chi connectivity index (χ1) is 11.1. The first-order valence-corrected chi connectivity index (χ1v) is 7.00. The van der Waals surface area contributed by atoms with Crippen LogP contribution in [-0.4, -0.2) is 28.9 Å². The second kappa shape index (κ2) is 6.30. The summed E-state index contributed by atoms with van der Waals surface area (Å²) in [6, 6.07) is 8.04. The van der Waals surface area contributed by atoms with E-state index in [2.05, 4.69) is 20.9 Å². The topological polar surface area (TPSA) is 113 Å². The molecule has 0 spiro atoms. The van der Waals surface area contributed by atoms with Gasteiger partial charge in [0.25, 0.3) is 5.91 Å². The molecule has 4 amide bonds. The van der Waals surface area contributed by atoms with Crippen molar-refractivity contribution >= 4 is 17.8 Å². The molecule has 1 aliphatic rings. The molecular formula is C15H14N4O4. The number of aromatic nitrogens is 1. The normalized spacial score (nSPS) is 16.8. The second-order valence-electron chi connectivity index (χ2n) is 4.98. The lowest BCUT2D eigenvalue weighted by molar-refractivity contribution is -0.126. The summed E-state index contributed by atoms with van der Waals surface area (Å²) < 4.78 is 5.55. The Morgan fingerprint density at radius 2 is 2.04 bits per heavy atom. The van der Waals surface area contributed by atoms with Gasteiger partial charge in [0.15, 0.2) is 5.76 Å². The standard InChI is InChI=1S/C15H14N4O4/c20-12(6-10-14(21)19-15(22)18-10)16-8-13-17-7-11(23-13)9-4-2-1-3-5-9/h1-5,7,10H,6,8H2,(H,16,20)(H2,18,19,21,22)/t10-/m1/s1. The van der Waals surface area contributed by atoms with Gasteiger partial charge in [-0.1, -0.05) is 30.3 Å². The number of urea groups is 1. The summed E-state index contributed by atoms with van der Waals surface area (Å²) in [5, 5.41) is 7.03. The summed E-state index contributed by atoms with van der Waals surface area (Å²) in [6.07, 6.45) is 1.45. The molecule has 1 aromatic carbocycles. The number of nitrogens with zero attached hydrogens (tertiary/aromatic N) is 1. The molecule has 8 heteroatoms. The molecule has 3 N–H and O–H groups in total. The van der Waals surface area contributed by atoms with Crippen molar-refractivity contribution in [2.24, 2.45) is 0 Å². The molecule has 0 radical (unpaired) electrons. The highest BCUT2D eigenvalue weighted by atomic mass is 16.4. The Kier molecular flexibility index (Phi) is 4.05. The first kappa shape index (κ1) is 14.8. The van der Waals surface area contributed by atoms with E-state index in [1.165, 1.54) is 0 Å². The van der Waals surface area contributed by atoms with Gasteiger partial charge in [-0.05, 0) is 0 Å². The molecule has 1 aromatic heterocycles. The molecule has 118 valence electrons. The largest absolute Gasteiger partial charge is 0.439 e. The zero-order valence-corrected chi connectivity index (χ0v) is 12.0. The number of hydrogen-bond donors (Lipinski definition) is 3. The van der Waals surface area contributed by atoms with E-state index in [0.29, 0.717) is 11.7 Å². The van der Waals surface area contributed by atoms with Crippen LogP contribution in [0.25, 0.3) is 11.3 Å². The molecule has 2 heterocycles. The lowest BCUT2D eigenvalue weighted by Crippen LogP contribution is -2.36. The van der Waals surface area contributed by atoms with Crippen LogP contribution in [-0.2, 0) is 16.1 Å². The van der Waals surface area contributed by atoms with Gasteiger partial charge in [0, 0.05) is 5.56 Å². The van der Waals surface area contributed by atoms with Gasteiger partial charge >= 0.3 is 6.03 Å². The quantitative estimate of drug-likeness (QED) is 0.698. The van der Waals surface area contributed by atoms with E-state index in [1.54, 1.807) is 6.20 Å². The lowest BCUT2D eigenvalue weighted by atomic mass is 10.2. The Morgan fingerprint density at radius 3 is 2.74 bits per heavy atom. The summed E-state index contributed by atoms with van der Waals surface area (Å²) in [6.45, 7) is 0.105. The SMILES string of the molecule is O=C(C[C@H]1NC(=O)NC1=O)NCc1ncc(-c2ccccc2)o1. The van der Waals surface area contributed by atoms with E-state index in [4.69, 9.17) is 4.42 Å². The summed E-state index contributed by atoms with van der Waals surface area (Å²) >= 11 is 0. The number of nitrogens with one attached hydrogen (secondary N) is 3. The van der Waals surface area contributed by atoms with Crippen LogP contribution in [0.1, 0.15) is 12.3 Å². The molecular weight excluding hydrogens is 300 g/mol. The minimum absolute atomic E-state index is 0.105. The number of amides is 4. The summed E-state index contributed by atoms with van der Waals surface area (Å²) in [4.78, 5) is 38.2. The fourth-order valence-corrected chi connectivity index (χ4v) is 2.16. The van der Waals surface area contributed by atoms with Crippen LogP contribution in [0, 0.1) is 0 Å².